The topological polar surface area (TPSA) is 81.7 Å². The number of amides is 1. The van der Waals surface area contributed by atoms with Crippen LogP contribution in [-0.2, 0) is 23.8 Å². The van der Waals surface area contributed by atoms with E-state index >= 15 is 0 Å². The van der Waals surface area contributed by atoms with Gasteiger partial charge in [0.1, 0.15) is 5.60 Å². The molecule has 3 rings (SSSR count). The zero-order chi connectivity index (χ0) is 15.4. The van der Waals surface area contributed by atoms with Gasteiger partial charge in [-0.3, -0.25) is 8.98 Å². The van der Waals surface area contributed by atoms with E-state index in [1.165, 1.54) is 0 Å². The summed E-state index contributed by atoms with van der Waals surface area (Å²) in [7, 11) is -3.44. The third-order valence-electron chi connectivity index (χ3n) is 5.01. The molecule has 1 aliphatic heterocycles. The summed E-state index contributed by atoms with van der Waals surface area (Å²) >= 11 is 0. The van der Waals surface area contributed by atoms with Crippen molar-refractivity contribution in [3.63, 3.8) is 0 Å². The average molecular weight is 315 g/mol. The van der Waals surface area contributed by atoms with Crippen molar-refractivity contribution in [1.29, 1.82) is 0 Å². The first kappa shape index (κ1) is 15.0. The summed E-state index contributed by atoms with van der Waals surface area (Å²) in [5.74, 6) is 0.0825. The lowest BCUT2D eigenvalue weighted by Crippen LogP contribution is -2.47. The third-order valence-corrected chi connectivity index (χ3v) is 6.86. The highest BCUT2D eigenvalue weighted by molar-refractivity contribution is 7.87. The van der Waals surface area contributed by atoms with Gasteiger partial charge in [0.2, 0.25) is 5.91 Å². The smallest absolute Gasteiger partial charge is 0.271 e. The number of nitrogens with one attached hydrogen (secondary N) is 1. The van der Waals surface area contributed by atoms with Crippen LogP contribution in [0.25, 0.3) is 0 Å². The maximum Gasteiger partial charge on any atom is 0.271 e. The van der Waals surface area contributed by atoms with E-state index in [1.807, 2.05) is 6.92 Å². The van der Waals surface area contributed by atoms with Crippen LogP contribution in [0.4, 0.5) is 0 Å². The number of ether oxygens (including phenoxy) is 1. The first-order valence-electron chi connectivity index (χ1n) is 7.25. The molecule has 5 atom stereocenters. The molecule has 6 nitrogen and oxygen atoms in total. The van der Waals surface area contributed by atoms with Crippen molar-refractivity contribution in [2.45, 2.75) is 43.6 Å². The fourth-order valence-electron chi connectivity index (χ4n) is 4.11. The monoisotopic (exact) mass is 315 g/mol. The van der Waals surface area contributed by atoms with Crippen LogP contribution in [0.5, 0.6) is 0 Å². The van der Waals surface area contributed by atoms with Crippen molar-refractivity contribution in [1.82, 2.24) is 5.32 Å². The molecule has 1 heterocycles. The Balaban J connectivity index is 1.59. The molecule has 118 valence electrons. The molecule has 3 aliphatic rings. The second-order valence-electron chi connectivity index (χ2n) is 6.46. The summed E-state index contributed by atoms with van der Waals surface area (Å²) in [5.41, 5.74) is -0.278. The molecule has 2 bridgehead atoms. The summed E-state index contributed by atoms with van der Waals surface area (Å²) in [5, 5.41) is 2.35. The average Bonchev–Trinajstić information content (AvgIpc) is 2.95. The quantitative estimate of drug-likeness (QED) is 0.456. The van der Waals surface area contributed by atoms with Gasteiger partial charge in [-0.2, -0.15) is 8.42 Å². The van der Waals surface area contributed by atoms with E-state index in [9.17, 15) is 13.2 Å². The van der Waals surface area contributed by atoms with Crippen LogP contribution in [0.1, 0.15) is 26.7 Å². The fourth-order valence-corrected chi connectivity index (χ4v) is 6.22. The predicted molar refractivity (Wildman–Crippen MR) is 76.0 cm³/mol. The number of hydrogen-bond donors (Lipinski definition) is 1. The first-order chi connectivity index (χ1) is 9.75. The van der Waals surface area contributed by atoms with E-state index in [2.05, 4.69) is 11.9 Å². The van der Waals surface area contributed by atoms with Crippen molar-refractivity contribution in [3.8, 4) is 0 Å². The van der Waals surface area contributed by atoms with Crippen LogP contribution < -0.4 is 5.32 Å². The fraction of sp³-hybridized carbons (Fsp3) is 0.786. The molecule has 1 N–H and O–H groups in total. The highest BCUT2D eigenvalue weighted by atomic mass is 32.2. The SMILES string of the molecule is C=C(C)C(=O)NCCOC1C2CC3C(C2)S(=O)(=O)OC31C. The highest BCUT2D eigenvalue weighted by Crippen LogP contribution is 2.61. The van der Waals surface area contributed by atoms with Crippen molar-refractivity contribution in [3.05, 3.63) is 12.2 Å². The molecule has 0 radical (unpaired) electrons. The number of fused-ring (bicyclic) bond motifs is 1. The van der Waals surface area contributed by atoms with Crippen LogP contribution in [0, 0.1) is 11.8 Å². The zero-order valence-corrected chi connectivity index (χ0v) is 13.1. The molecule has 0 spiro atoms. The van der Waals surface area contributed by atoms with Crippen molar-refractivity contribution < 1.29 is 22.1 Å². The molecule has 3 fully saturated rings. The molecule has 2 saturated carbocycles. The van der Waals surface area contributed by atoms with Gasteiger partial charge >= 0.3 is 0 Å². The summed E-state index contributed by atoms with van der Waals surface area (Å²) in [6, 6.07) is 0. The minimum absolute atomic E-state index is 0.0440. The van der Waals surface area contributed by atoms with E-state index in [0.29, 0.717) is 25.1 Å². The lowest BCUT2D eigenvalue weighted by atomic mass is 9.83. The predicted octanol–water partition coefficient (Wildman–Crippen LogP) is 0.591. The number of rotatable bonds is 5. The van der Waals surface area contributed by atoms with Crippen LogP contribution in [0.2, 0.25) is 0 Å². The van der Waals surface area contributed by atoms with E-state index in [-0.39, 0.29) is 29.1 Å². The Morgan fingerprint density at radius 2 is 2.19 bits per heavy atom. The van der Waals surface area contributed by atoms with Gasteiger partial charge < -0.3 is 10.1 Å². The summed E-state index contributed by atoms with van der Waals surface area (Å²) in [6.07, 6.45) is 1.27. The van der Waals surface area contributed by atoms with Crippen LogP contribution >= 0.6 is 0 Å². The Bertz CT molecular complexity index is 586. The highest BCUT2D eigenvalue weighted by Gasteiger charge is 2.70. The van der Waals surface area contributed by atoms with Gasteiger partial charge in [-0.05, 0) is 32.6 Å². The molecule has 0 aromatic heterocycles. The van der Waals surface area contributed by atoms with Crippen LogP contribution in [0.15, 0.2) is 12.2 Å². The molecule has 0 aromatic rings. The molecule has 7 heteroatoms. The van der Waals surface area contributed by atoms with Crippen LogP contribution in [0.3, 0.4) is 0 Å². The summed E-state index contributed by atoms with van der Waals surface area (Å²) in [4.78, 5) is 11.4. The number of carbonyl (C=O) groups excluding carboxylic acids is 1. The van der Waals surface area contributed by atoms with Gasteiger partial charge in [0, 0.05) is 18.0 Å². The van der Waals surface area contributed by atoms with E-state index < -0.39 is 15.7 Å². The van der Waals surface area contributed by atoms with E-state index in [0.717, 1.165) is 6.42 Å². The lowest BCUT2D eigenvalue weighted by molar-refractivity contribution is -0.118. The summed E-state index contributed by atoms with van der Waals surface area (Å²) < 4.78 is 35.2. The van der Waals surface area contributed by atoms with Gasteiger partial charge in [-0.1, -0.05) is 6.58 Å². The van der Waals surface area contributed by atoms with E-state index in [4.69, 9.17) is 8.92 Å². The van der Waals surface area contributed by atoms with Crippen molar-refractivity contribution in [2.75, 3.05) is 13.2 Å². The first-order valence-corrected chi connectivity index (χ1v) is 8.72. The Morgan fingerprint density at radius 3 is 2.86 bits per heavy atom. The maximum atomic E-state index is 12.0. The second kappa shape index (κ2) is 4.79. The molecule has 5 unspecified atom stereocenters. The zero-order valence-electron chi connectivity index (χ0n) is 12.3. The van der Waals surface area contributed by atoms with Crippen LogP contribution in [-0.4, -0.2) is 44.4 Å². The molecule has 1 saturated heterocycles. The molecule has 0 aromatic carbocycles. The Kier molecular flexibility index (Phi) is 3.42. The Hall–Kier alpha value is -0.920. The summed E-state index contributed by atoms with van der Waals surface area (Å²) in [6.45, 7) is 7.77. The minimum atomic E-state index is -3.44. The van der Waals surface area contributed by atoms with Crippen molar-refractivity contribution >= 4 is 16.0 Å². The molecular formula is C14H21NO5S. The largest absolute Gasteiger partial charge is 0.373 e. The number of carbonyl (C=O) groups is 1. The second-order valence-corrected chi connectivity index (χ2v) is 8.22. The number of hydrogen-bond acceptors (Lipinski definition) is 5. The normalized spacial score (nSPS) is 42.2. The van der Waals surface area contributed by atoms with E-state index in [1.54, 1.807) is 6.92 Å². The van der Waals surface area contributed by atoms with Gasteiger partial charge in [0.05, 0.1) is 18.0 Å². The lowest BCUT2D eigenvalue weighted by Gasteiger charge is -2.34. The van der Waals surface area contributed by atoms with Gasteiger partial charge in [0.25, 0.3) is 10.1 Å². The third kappa shape index (κ3) is 2.22. The van der Waals surface area contributed by atoms with Gasteiger partial charge in [-0.15, -0.1) is 0 Å². The standard InChI is InChI=1S/C14H21NO5S/c1-8(2)13(16)15-4-5-19-12-9-6-10-11(7-9)21(17,18)20-14(10,12)3/h9-12H,1,4-7H2,2-3H3,(H,15,16). The Labute approximate surface area is 125 Å². The Morgan fingerprint density at radius 1 is 1.48 bits per heavy atom. The van der Waals surface area contributed by atoms with Gasteiger partial charge in [0.15, 0.2) is 0 Å². The maximum absolute atomic E-state index is 12.0. The molecule has 1 amide bonds. The molecular weight excluding hydrogens is 294 g/mol. The minimum Gasteiger partial charge on any atom is -0.373 e. The van der Waals surface area contributed by atoms with Crippen molar-refractivity contribution in [2.24, 2.45) is 11.8 Å². The van der Waals surface area contributed by atoms with Gasteiger partial charge in [-0.25, -0.2) is 0 Å². The molecule has 21 heavy (non-hydrogen) atoms. The molecule has 2 aliphatic carbocycles.